The lowest BCUT2D eigenvalue weighted by Gasteiger charge is -1.95. The van der Waals surface area contributed by atoms with Gasteiger partial charge < -0.3 is 4.74 Å². The largest absolute Gasteiger partial charge is 0.469 e. The minimum atomic E-state index is -0.00865. The van der Waals surface area contributed by atoms with E-state index in [1.165, 1.54) is 6.92 Å². The fourth-order valence-electron chi connectivity index (χ4n) is 0.643. The van der Waals surface area contributed by atoms with Crippen LogP contribution in [0.25, 0.3) is 0 Å². The zero-order valence-electron chi connectivity index (χ0n) is 6.55. The van der Waals surface area contributed by atoms with Crippen LogP contribution in [0, 0.1) is 6.92 Å². The van der Waals surface area contributed by atoms with Gasteiger partial charge in [0.1, 0.15) is 6.61 Å². The van der Waals surface area contributed by atoms with Gasteiger partial charge in [0.05, 0.1) is 0 Å². The summed E-state index contributed by atoms with van der Waals surface area (Å²) in [4.78, 5) is 10.5. The predicted molar refractivity (Wildman–Crippen MR) is 39.5 cm³/mol. The third-order valence-corrected chi connectivity index (χ3v) is 1.11. The minimum Gasteiger partial charge on any atom is -0.469 e. The van der Waals surface area contributed by atoms with Crippen LogP contribution in [0.1, 0.15) is 12.6 Å². The Bertz CT molecular complexity index is 255. The minimum absolute atomic E-state index is 0.00865. The molecule has 4 heteroatoms. The molecule has 0 bridgehead atoms. The van der Waals surface area contributed by atoms with Crippen molar-refractivity contribution in [1.82, 2.24) is 10.2 Å². The first-order valence-electron chi connectivity index (χ1n) is 3.33. The van der Waals surface area contributed by atoms with E-state index in [1.54, 1.807) is 6.07 Å². The van der Waals surface area contributed by atoms with Crippen LogP contribution in [0.15, 0.2) is 6.07 Å². The van der Waals surface area contributed by atoms with E-state index in [9.17, 15) is 4.79 Å². The summed E-state index contributed by atoms with van der Waals surface area (Å²) in [5.74, 6) is 0.461. The van der Waals surface area contributed by atoms with E-state index in [0.29, 0.717) is 5.88 Å². The third kappa shape index (κ3) is 2.41. The lowest BCUT2D eigenvalue weighted by atomic mass is 10.5. The number of nitrogens with zero attached hydrogens (tertiary/aromatic N) is 1. The number of ketones is 1. The molecule has 0 spiro atoms. The molecular weight excluding hydrogens is 144 g/mol. The van der Waals surface area contributed by atoms with E-state index in [-0.39, 0.29) is 12.4 Å². The van der Waals surface area contributed by atoms with Crippen LogP contribution in [0.2, 0.25) is 0 Å². The first-order valence-corrected chi connectivity index (χ1v) is 3.33. The van der Waals surface area contributed by atoms with Gasteiger partial charge >= 0.3 is 0 Å². The molecule has 0 aliphatic rings. The molecule has 1 aromatic rings. The quantitative estimate of drug-likeness (QED) is 0.696. The fraction of sp³-hybridized carbons (Fsp3) is 0.429. The van der Waals surface area contributed by atoms with Gasteiger partial charge in [-0.1, -0.05) is 0 Å². The number of ether oxygens (including phenoxy) is 1. The number of carbonyl (C=O) groups excluding carboxylic acids is 1. The number of H-pyrrole nitrogens is 1. The normalized spacial score (nSPS) is 9.64. The van der Waals surface area contributed by atoms with Crippen molar-refractivity contribution in [2.24, 2.45) is 0 Å². The van der Waals surface area contributed by atoms with E-state index in [2.05, 4.69) is 10.2 Å². The molecule has 4 nitrogen and oxygen atoms in total. The molecule has 1 aromatic heterocycles. The number of hydrogen-bond donors (Lipinski definition) is 1. The zero-order chi connectivity index (χ0) is 8.27. The van der Waals surface area contributed by atoms with Crippen LogP contribution in [0.3, 0.4) is 0 Å². The summed E-state index contributed by atoms with van der Waals surface area (Å²) in [7, 11) is 0. The smallest absolute Gasteiger partial charge is 0.233 e. The van der Waals surface area contributed by atoms with Crippen molar-refractivity contribution in [3.05, 3.63) is 11.8 Å². The molecule has 0 saturated heterocycles. The molecule has 60 valence electrons. The topological polar surface area (TPSA) is 55.0 Å². The van der Waals surface area contributed by atoms with Crippen LogP contribution >= 0.6 is 0 Å². The molecule has 1 N–H and O–H groups in total. The van der Waals surface area contributed by atoms with E-state index >= 15 is 0 Å². The summed E-state index contributed by atoms with van der Waals surface area (Å²) in [6.07, 6.45) is 0. The Morgan fingerprint density at radius 1 is 1.82 bits per heavy atom. The predicted octanol–water partition coefficient (Wildman–Crippen LogP) is 0.686. The molecule has 1 rings (SSSR count). The molecule has 0 aliphatic heterocycles. The zero-order valence-corrected chi connectivity index (χ0v) is 6.55. The van der Waals surface area contributed by atoms with Crippen LogP contribution in [0.4, 0.5) is 0 Å². The van der Waals surface area contributed by atoms with E-state index in [1.807, 2.05) is 6.92 Å². The highest BCUT2D eigenvalue weighted by Gasteiger charge is 1.98. The van der Waals surface area contributed by atoms with Gasteiger partial charge in [-0.3, -0.25) is 9.89 Å². The van der Waals surface area contributed by atoms with Crippen LogP contribution in [0.5, 0.6) is 5.88 Å². The van der Waals surface area contributed by atoms with Gasteiger partial charge in [-0.25, -0.2) is 0 Å². The van der Waals surface area contributed by atoms with Crippen molar-refractivity contribution in [3.8, 4) is 5.88 Å². The lowest BCUT2D eigenvalue weighted by Crippen LogP contribution is -2.06. The standard InChI is InChI=1S/C7H10N2O2/c1-5-3-7(9-8-5)11-4-6(2)10/h3H,4H2,1-2H3,(H,8,9). The molecule has 0 aromatic carbocycles. The molecular formula is C7H10N2O2. The van der Waals surface area contributed by atoms with Gasteiger partial charge in [0.2, 0.25) is 5.88 Å². The molecule has 0 radical (unpaired) electrons. The molecule has 0 saturated carbocycles. The number of aromatic amines is 1. The molecule has 0 aliphatic carbocycles. The van der Waals surface area contributed by atoms with Crippen molar-refractivity contribution in [1.29, 1.82) is 0 Å². The Kier molecular flexibility index (Phi) is 2.25. The highest BCUT2D eigenvalue weighted by molar-refractivity contribution is 5.76. The summed E-state index contributed by atoms with van der Waals surface area (Å²) < 4.78 is 5.00. The summed E-state index contributed by atoms with van der Waals surface area (Å²) in [6, 6.07) is 1.74. The molecule has 0 unspecified atom stereocenters. The number of rotatable bonds is 3. The maximum Gasteiger partial charge on any atom is 0.233 e. The Morgan fingerprint density at radius 2 is 2.55 bits per heavy atom. The number of hydrogen-bond acceptors (Lipinski definition) is 3. The van der Waals surface area contributed by atoms with Gasteiger partial charge in [-0.2, -0.15) is 0 Å². The first-order chi connectivity index (χ1) is 5.18. The second kappa shape index (κ2) is 3.18. The molecule has 0 atom stereocenters. The second-order valence-electron chi connectivity index (χ2n) is 2.38. The number of aryl methyl sites for hydroxylation is 1. The van der Waals surface area contributed by atoms with Crippen molar-refractivity contribution >= 4 is 5.78 Å². The summed E-state index contributed by atoms with van der Waals surface area (Å²) in [6.45, 7) is 3.43. The van der Waals surface area contributed by atoms with E-state index in [0.717, 1.165) is 5.69 Å². The Hall–Kier alpha value is -1.32. The number of carbonyl (C=O) groups is 1. The Labute approximate surface area is 64.6 Å². The average molecular weight is 154 g/mol. The highest BCUT2D eigenvalue weighted by atomic mass is 16.5. The molecule has 11 heavy (non-hydrogen) atoms. The second-order valence-corrected chi connectivity index (χ2v) is 2.38. The molecule has 0 fully saturated rings. The number of Topliss-reactive ketones (excluding diaryl/α,β-unsaturated/α-hetero) is 1. The Morgan fingerprint density at radius 3 is 3.00 bits per heavy atom. The monoisotopic (exact) mass is 154 g/mol. The van der Waals surface area contributed by atoms with E-state index in [4.69, 9.17) is 4.74 Å². The average Bonchev–Trinajstić information content (AvgIpc) is 2.31. The van der Waals surface area contributed by atoms with Crippen molar-refractivity contribution in [2.75, 3.05) is 6.61 Å². The SMILES string of the molecule is CC(=O)COc1cc(C)[nH]n1. The van der Waals surface area contributed by atoms with Gasteiger partial charge in [-0.05, 0) is 13.8 Å². The van der Waals surface area contributed by atoms with Crippen LogP contribution in [-0.4, -0.2) is 22.6 Å². The van der Waals surface area contributed by atoms with Gasteiger partial charge in [0.25, 0.3) is 0 Å². The molecule has 0 amide bonds. The van der Waals surface area contributed by atoms with Gasteiger partial charge in [0, 0.05) is 11.8 Å². The van der Waals surface area contributed by atoms with Crippen molar-refractivity contribution < 1.29 is 9.53 Å². The highest BCUT2D eigenvalue weighted by Crippen LogP contribution is 2.05. The third-order valence-electron chi connectivity index (χ3n) is 1.11. The summed E-state index contributed by atoms with van der Waals surface area (Å²) in [5, 5.41) is 6.49. The Balaban J connectivity index is 2.45. The fourth-order valence-corrected chi connectivity index (χ4v) is 0.643. The van der Waals surface area contributed by atoms with Gasteiger partial charge in [-0.15, -0.1) is 5.10 Å². The lowest BCUT2D eigenvalue weighted by molar-refractivity contribution is -0.119. The van der Waals surface area contributed by atoms with Crippen LogP contribution in [-0.2, 0) is 4.79 Å². The van der Waals surface area contributed by atoms with Crippen molar-refractivity contribution in [2.45, 2.75) is 13.8 Å². The summed E-state index contributed by atoms with van der Waals surface area (Å²) >= 11 is 0. The number of aromatic nitrogens is 2. The molecule has 1 heterocycles. The number of nitrogens with one attached hydrogen (secondary N) is 1. The first kappa shape index (κ1) is 7.78. The van der Waals surface area contributed by atoms with E-state index < -0.39 is 0 Å². The van der Waals surface area contributed by atoms with Crippen LogP contribution < -0.4 is 4.74 Å². The van der Waals surface area contributed by atoms with Gasteiger partial charge in [0.15, 0.2) is 5.78 Å². The summed E-state index contributed by atoms with van der Waals surface area (Å²) in [5.41, 5.74) is 0.920. The maximum atomic E-state index is 10.5. The maximum absolute atomic E-state index is 10.5. The van der Waals surface area contributed by atoms with Crippen molar-refractivity contribution in [3.63, 3.8) is 0 Å².